The number of fused-ring (bicyclic) bond motifs is 1. The molecule has 3 heterocycles. The van der Waals surface area contributed by atoms with Gasteiger partial charge in [-0.1, -0.05) is 40.9 Å². The van der Waals surface area contributed by atoms with Gasteiger partial charge in [0.05, 0.1) is 26.3 Å². The Balaban J connectivity index is 1.74. The second-order valence-corrected chi connectivity index (χ2v) is 10.5. The summed E-state index contributed by atoms with van der Waals surface area (Å²) in [4.78, 5) is 12.3. The SMILES string of the molecule is CC(C)N1CCC(c2cc(-c3ccc(F)cc3Cl)c3ccnc(-c4c(Cl)cccc4Cl)c3n2)CC1. The summed E-state index contributed by atoms with van der Waals surface area (Å²) in [5.74, 6) is -0.0780. The first-order valence-corrected chi connectivity index (χ1v) is 12.9. The van der Waals surface area contributed by atoms with Crippen LogP contribution in [0.4, 0.5) is 4.39 Å². The van der Waals surface area contributed by atoms with Gasteiger partial charge in [-0.3, -0.25) is 9.97 Å². The van der Waals surface area contributed by atoms with E-state index >= 15 is 0 Å². The molecule has 1 aliphatic rings. The fraction of sp³-hybridized carbons (Fsp3) is 0.286. The van der Waals surface area contributed by atoms with Crippen molar-refractivity contribution in [1.82, 2.24) is 14.9 Å². The molecule has 4 aromatic rings. The maximum Gasteiger partial charge on any atom is 0.124 e. The third-order valence-electron chi connectivity index (χ3n) is 6.85. The highest BCUT2D eigenvalue weighted by Crippen LogP contribution is 2.42. The summed E-state index contributed by atoms with van der Waals surface area (Å²) >= 11 is 19.7. The van der Waals surface area contributed by atoms with E-state index in [0.29, 0.717) is 43.8 Å². The van der Waals surface area contributed by atoms with Crippen LogP contribution in [0.5, 0.6) is 0 Å². The van der Waals surface area contributed by atoms with Crippen molar-refractivity contribution in [3.05, 3.63) is 81.3 Å². The van der Waals surface area contributed by atoms with Crippen molar-refractivity contribution in [3.8, 4) is 22.4 Å². The summed E-state index contributed by atoms with van der Waals surface area (Å²) in [6.45, 7) is 6.50. The summed E-state index contributed by atoms with van der Waals surface area (Å²) in [5.41, 5.74) is 4.61. The molecule has 5 rings (SSSR count). The molecule has 0 spiro atoms. The van der Waals surface area contributed by atoms with Gasteiger partial charge < -0.3 is 4.90 Å². The van der Waals surface area contributed by atoms with E-state index in [-0.39, 0.29) is 5.82 Å². The molecule has 0 unspecified atom stereocenters. The number of likely N-dealkylation sites (tertiary alicyclic amines) is 1. The molecule has 1 aliphatic heterocycles. The third-order valence-corrected chi connectivity index (χ3v) is 7.79. The van der Waals surface area contributed by atoms with Gasteiger partial charge in [-0.25, -0.2) is 4.39 Å². The molecule has 2 aromatic carbocycles. The zero-order valence-electron chi connectivity index (χ0n) is 19.5. The molecule has 180 valence electrons. The second kappa shape index (κ2) is 10.0. The van der Waals surface area contributed by atoms with Crippen molar-refractivity contribution in [2.24, 2.45) is 0 Å². The Kier molecular flexibility index (Phi) is 7.00. The van der Waals surface area contributed by atoms with Crippen LogP contribution in [-0.2, 0) is 0 Å². The number of halogens is 4. The highest BCUT2D eigenvalue weighted by Gasteiger charge is 2.26. The number of pyridine rings is 2. The van der Waals surface area contributed by atoms with Crippen molar-refractivity contribution < 1.29 is 4.39 Å². The van der Waals surface area contributed by atoms with E-state index in [2.05, 4.69) is 29.8 Å². The molecule has 1 fully saturated rings. The molecule has 0 atom stereocenters. The Labute approximate surface area is 219 Å². The Morgan fingerprint density at radius 1 is 0.914 bits per heavy atom. The predicted molar refractivity (Wildman–Crippen MR) is 144 cm³/mol. The number of benzene rings is 2. The molecular weight excluding hydrogens is 504 g/mol. The first-order chi connectivity index (χ1) is 16.8. The lowest BCUT2D eigenvalue weighted by atomic mass is 9.89. The molecule has 0 N–H and O–H groups in total. The van der Waals surface area contributed by atoms with E-state index in [4.69, 9.17) is 39.8 Å². The highest BCUT2D eigenvalue weighted by atomic mass is 35.5. The van der Waals surface area contributed by atoms with Crippen LogP contribution in [0.15, 0.2) is 54.7 Å². The van der Waals surface area contributed by atoms with Crippen molar-refractivity contribution in [2.45, 2.75) is 38.6 Å². The molecule has 0 radical (unpaired) electrons. The van der Waals surface area contributed by atoms with Gasteiger partial charge in [0.15, 0.2) is 0 Å². The lowest BCUT2D eigenvalue weighted by Gasteiger charge is -2.34. The van der Waals surface area contributed by atoms with Gasteiger partial charge in [-0.05, 0) is 87.8 Å². The molecule has 1 saturated heterocycles. The lowest BCUT2D eigenvalue weighted by molar-refractivity contribution is 0.171. The number of rotatable bonds is 4. The minimum atomic E-state index is -0.372. The van der Waals surface area contributed by atoms with Crippen LogP contribution in [0, 0.1) is 5.82 Å². The van der Waals surface area contributed by atoms with Gasteiger partial charge in [0.25, 0.3) is 0 Å². The molecule has 7 heteroatoms. The van der Waals surface area contributed by atoms with Crippen molar-refractivity contribution in [3.63, 3.8) is 0 Å². The second-order valence-electron chi connectivity index (χ2n) is 9.28. The molecule has 0 bridgehead atoms. The summed E-state index contributed by atoms with van der Waals surface area (Å²) in [7, 11) is 0. The van der Waals surface area contributed by atoms with Crippen LogP contribution >= 0.6 is 34.8 Å². The summed E-state index contributed by atoms with van der Waals surface area (Å²) in [6.07, 6.45) is 3.74. The quantitative estimate of drug-likeness (QED) is 0.265. The van der Waals surface area contributed by atoms with E-state index in [0.717, 1.165) is 48.1 Å². The summed E-state index contributed by atoms with van der Waals surface area (Å²) in [6, 6.07) is 14.4. The monoisotopic (exact) mass is 527 g/mol. The zero-order chi connectivity index (χ0) is 24.7. The van der Waals surface area contributed by atoms with E-state index in [1.807, 2.05) is 12.1 Å². The summed E-state index contributed by atoms with van der Waals surface area (Å²) < 4.78 is 13.9. The number of aromatic nitrogens is 2. The van der Waals surface area contributed by atoms with E-state index in [1.54, 1.807) is 24.4 Å². The fourth-order valence-electron chi connectivity index (χ4n) is 4.93. The van der Waals surface area contributed by atoms with Crippen LogP contribution in [0.1, 0.15) is 38.3 Å². The first-order valence-electron chi connectivity index (χ1n) is 11.8. The van der Waals surface area contributed by atoms with Crippen LogP contribution in [0.25, 0.3) is 33.3 Å². The van der Waals surface area contributed by atoms with Gasteiger partial charge in [-0.2, -0.15) is 0 Å². The highest BCUT2D eigenvalue weighted by molar-refractivity contribution is 6.39. The van der Waals surface area contributed by atoms with Gasteiger partial charge in [-0.15, -0.1) is 0 Å². The molecule has 0 amide bonds. The van der Waals surface area contributed by atoms with Crippen molar-refractivity contribution in [1.29, 1.82) is 0 Å². The number of nitrogens with zero attached hydrogens (tertiary/aromatic N) is 3. The molecule has 2 aromatic heterocycles. The summed E-state index contributed by atoms with van der Waals surface area (Å²) in [5, 5.41) is 2.24. The Morgan fingerprint density at radius 2 is 1.63 bits per heavy atom. The minimum Gasteiger partial charge on any atom is -0.301 e. The van der Waals surface area contributed by atoms with Crippen LogP contribution < -0.4 is 0 Å². The molecular formula is C28H25Cl3FN3. The first kappa shape index (κ1) is 24.5. The average Bonchev–Trinajstić information content (AvgIpc) is 2.84. The number of piperidine rings is 1. The number of hydrogen-bond donors (Lipinski definition) is 0. The molecule has 0 aliphatic carbocycles. The van der Waals surface area contributed by atoms with Crippen LogP contribution in [0.2, 0.25) is 15.1 Å². The lowest BCUT2D eigenvalue weighted by Crippen LogP contribution is -2.38. The molecule has 0 saturated carbocycles. The van der Waals surface area contributed by atoms with Gasteiger partial charge >= 0.3 is 0 Å². The standard InChI is InChI=1S/C28H25Cl3FN3/c1-16(2)35-12-9-17(10-13-35)25-15-21(19-7-6-18(32)14-24(19)31)20-8-11-33-28(27(20)34-25)26-22(29)4-3-5-23(26)30/h3-8,11,14-17H,9-10,12-13H2,1-2H3. The van der Waals surface area contributed by atoms with Crippen LogP contribution in [0.3, 0.4) is 0 Å². The average molecular weight is 529 g/mol. The largest absolute Gasteiger partial charge is 0.301 e. The van der Waals surface area contributed by atoms with Crippen molar-refractivity contribution >= 4 is 45.7 Å². The van der Waals surface area contributed by atoms with E-state index in [1.165, 1.54) is 12.1 Å². The Hall–Kier alpha value is -2.24. The normalized spacial score (nSPS) is 15.3. The van der Waals surface area contributed by atoms with Crippen molar-refractivity contribution in [2.75, 3.05) is 13.1 Å². The smallest absolute Gasteiger partial charge is 0.124 e. The predicted octanol–water partition coefficient (Wildman–Crippen LogP) is 8.65. The molecule has 35 heavy (non-hydrogen) atoms. The number of hydrogen-bond acceptors (Lipinski definition) is 3. The maximum absolute atomic E-state index is 13.9. The van der Waals surface area contributed by atoms with E-state index < -0.39 is 0 Å². The van der Waals surface area contributed by atoms with Gasteiger partial charge in [0, 0.05) is 40.4 Å². The van der Waals surface area contributed by atoms with E-state index in [9.17, 15) is 4.39 Å². The van der Waals surface area contributed by atoms with Crippen LogP contribution in [-0.4, -0.2) is 34.0 Å². The Morgan fingerprint density at radius 3 is 2.29 bits per heavy atom. The topological polar surface area (TPSA) is 29.0 Å². The minimum absolute atomic E-state index is 0.294. The maximum atomic E-state index is 13.9. The Bertz CT molecular complexity index is 1380. The molecule has 3 nitrogen and oxygen atoms in total. The third kappa shape index (κ3) is 4.77. The van der Waals surface area contributed by atoms with Gasteiger partial charge in [0.1, 0.15) is 5.82 Å². The fourth-order valence-corrected chi connectivity index (χ4v) is 5.78. The zero-order valence-corrected chi connectivity index (χ0v) is 21.8. The van der Waals surface area contributed by atoms with Gasteiger partial charge in [0.2, 0.25) is 0 Å².